The monoisotopic (exact) mass is 362 g/mol. The van der Waals surface area contributed by atoms with E-state index >= 15 is 0 Å². The molecule has 136 valence electrons. The molecule has 2 heterocycles. The second-order valence-electron chi connectivity index (χ2n) is 5.64. The van der Waals surface area contributed by atoms with Crippen molar-refractivity contribution in [3.63, 3.8) is 0 Å². The van der Waals surface area contributed by atoms with Gasteiger partial charge in [-0.3, -0.25) is 14.6 Å². The van der Waals surface area contributed by atoms with E-state index in [1.54, 1.807) is 54.7 Å². The molecule has 0 radical (unpaired) electrons. The molecule has 2 aromatic heterocycles. The second-order valence-corrected chi connectivity index (χ2v) is 5.64. The fraction of sp³-hybridized carbons (Fsp3) is 0.100. The van der Waals surface area contributed by atoms with Crippen molar-refractivity contribution in [2.75, 3.05) is 12.4 Å². The van der Waals surface area contributed by atoms with E-state index in [1.165, 1.54) is 19.5 Å². The lowest BCUT2D eigenvalue weighted by Gasteiger charge is -2.19. The number of pyridine rings is 2. The number of aromatic nitrogens is 2. The third-order valence-corrected chi connectivity index (χ3v) is 3.81. The summed E-state index contributed by atoms with van der Waals surface area (Å²) in [7, 11) is 1.51. The summed E-state index contributed by atoms with van der Waals surface area (Å²) in [5.74, 6) is -0.331. The van der Waals surface area contributed by atoms with Crippen LogP contribution in [-0.4, -0.2) is 28.9 Å². The minimum atomic E-state index is -0.874. The van der Waals surface area contributed by atoms with Gasteiger partial charge in [0.1, 0.15) is 6.04 Å². The second kappa shape index (κ2) is 8.57. The highest BCUT2D eigenvalue weighted by molar-refractivity contribution is 6.01. The zero-order chi connectivity index (χ0) is 19.1. The number of hydrogen-bond acceptors (Lipinski definition) is 5. The maximum Gasteiger partial charge on any atom is 0.253 e. The Morgan fingerprint density at radius 2 is 1.81 bits per heavy atom. The fourth-order valence-electron chi connectivity index (χ4n) is 2.45. The molecule has 2 N–H and O–H groups in total. The molecule has 0 fully saturated rings. The summed E-state index contributed by atoms with van der Waals surface area (Å²) < 4.78 is 5.01. The maximum absolute atomic E-state index is 12.8. The van der Waals surface area contributed by atoms with Gasteiger partial charge in [-0.15, -0.1) is 0 Å². The first-order chi connectivity index (χ1) is 13.2. The average Bonchev–Trinajstić information content (AvgIpc) is 2.73. The summed E-state index contributed by atoms with van der Waals surface area (Å²) in [6.07, 6.45) is 4.51. The van der Waals surface area contributed by atoms with Crippen LogP contribution in [0.1, 0.15) is 22.0 Å². The summed E-state index contributed by atoms with van der Waals surface area (Å²) in [6, 6.07) is 14.7. The van der Waals surface area contributed by atoms with Gasteiger partial charge in [0.25, 0.3) is 11.8 Å². The van der Waals surface area contributed by atoms with Crippen molar-refractivity contribution in [3.05, 3.63) is 84.3 Å². The molecule has 0 aliphatic heterocycles. The Morgan fingerprint density at radius 3 is 2.44 bits per heavy atom. The van der Waals surface area contributed by atoms with Crippen molar-refractivity contribution in [2.24, 2.45) is 0 Å². The number of carbonyl (C=O) groups is 2. The molecule has 27 heavy (non-hydrogen) atoms. The molecular weight excluding hydrogens is 344 g/mol. The highest BCUT2D eigenvalue weighted by Crippen LogP contribution is 2.18. The van der Waals surface area contributed by atoms with Crippen LogP contribution in [0.3, 0.4) is 0 Å². The summed E-state index contributed by atoms with van der Waals surface area (Å²) in [5, 5.41) is 5.52. The number of methoxy groups -OCH3 is 1. The van der Waals surface area contributed by atoms with Gasteiger partial charge in [0.05, 0.1) is 24.6 Å². The third kappa shape index (κ3) is 4.66. The number of hydrogen-bond donors (Lipinski definition) is 2. The number of carbonyl (C=O) groups excluding carboxylic acids is 2. The Balaban J connectivity index is 1.81. The molecule has 0 aliphatic carbocycles. The standard InChI is InChI=1S/C20H18N4O3/c1-27-17-10-9-16(13-22-17)23-20(26)18(14-6-3-2-4-7-14)24-19(25)15-8-5-11-21-12-15/h2-13,18H,1H3,(H,23,26)(H,24,25)/t18-/m1/s1. The van der Waals surface area contributed by atoms with E-state index in [1.807, 2.05) is 6.07 Å². The molecule has 0 unspecified atom stereocenters. The zero-order valence-electron chi connectivity index (χ0n) is 14.6. The van der Waals surface area contributed by atoms with Crippen LogP contribution in [-0.2, 0) is 4.79 Å². The lowest BCUT2D eigenvalue weighted by molar-refractivity contribution is -0.118. The van der Waals surface area contributed by atoms with Gasteiger partial charge in [-0.1, -0.05) is 30.3 Å². The Labute approximate surface area is 156 Å². The fourth-order valence-corrected chi connectivity index (χ4v) is 2.45. The normalized spacial score (nSPS) is 11.3. The van der Waals surface area contributed by atoms with Crippen molar-refractivity contribution >= 4 is 17.5 Å². The molecule has 3 aromatic rings. The van der Waals surface area contributed by atoms with Crippen LogP contribution < -0.4 is 15.4 Å². The van der Waals surface area contributed by atoms with Crippen molar-refractivity contribution in [1.82, 2.24) is 15.3 Å². The van der Waals surface area contributed by atoms with Crippen LogP contribution in [0.2, 0.25) is 0 Å². The van der Waals surface area contributed by atoms with Gasteiger partial charge in [0.2, 0.25) is 5.88 Å². The van der Waals surface area contributed by atoms with Gasteiger partial charge < -0.3 is 15.4 Å². The average molecular weight is 362 g/mol. The summed E-state index contributed by atoms with van der Waals surface area (Å²) in [6.45, 7) is 0. The van der Waals surface area contributed by atoms with E-state index < -0.39 is 6.04 Å². The largest absolute Gasteiger partial charge is 0.481 e. The molecule has 0 saturated carbocycles. The smallest absolute Gasteiger partial charge is 0.253 e. The molecule has 2 amide bonds. The predicted octanol–water partition coefficient (Wildman–Crippen LogP) is 2.60. The predicted molar refractivity (Wildman–Crippen MR) is 100 cm³/mol. The van der Waals surface area contributed by atoms with Crippen molar-refractivity contribution in [2.45, 2.75) is 6.04 Å². The minimum absolute atomic E-state index is 0.373. The summed E-state index contributed by atoms with van der Waals surface area (Å²) in [5.41, 5.74) is 1.53. The molecule has 1 aromatic carbocycles. The van der Waals surface area contributed by atoms with E-state index in [4.69, 9.17) is 4.74 Å². The molecular formula is C20H18N4O3. The van der Waals surface area contributed by atoms with Crippen LogP contribution in [0, 0.1) is 0 Å². The van der Waals surface area contributed by atoms with Crippen LogP contribution in [0.4, 0.5) is 5.69 Å². The van der Waals surface area contributed by atoms with Crippen molar-refractivity contribution in [1.29, 1.82) is 0 Å². The Bertz CT molecular complexity index is 900. The Hall–Kier alpha value is -3.74. The van der Waals surface area contributed by atoms with Crippen molar-refractivity contribution < 1.29 is 14.3 Å². The van der Waals surface area contributed by atoms with E-state index in [-0.39, 0.29) is 11.8 Å². The lowest BCUT2D eigenvalue weighted by Crippen LogP contribution is -2.37. The first-order valence-electron chi connectivity index (χ1n) is 8.24. The number of ether oxygens (including phenoxy) is 1. The number of amides is 2. The topological polar surface area (TPSA) is 93.2 Å². The van der Waals surface area contributed by atoms with Gasteiger partial charge >= 0.3 is 0 Å². The van der Waals surface area contributed by atoms with Crippen LogP contribution in [0.15, 0.2) is 73.2 Å². The van der Waals surface area contributed by atoms with Crippen LogP contribution >= 0.6 is 0 Å². The lowest BCUT2D eigenvalue weighted by atomic mass is 10.1. The number of benzene rings is 1. The number of anilines is 1. The quantitative estimate of drug-likeness (QED) is 0.703. The Kier molecular flexibility index (Phi) is 5.73. The van der Waals surface area contributed by atoms with E-state index in [2.05, 4.69) is 20.6 Å². The Morgan fingerprint density at radius 1 is 1.00 bits per heavy atom. The highest BCUT2D eigenvalue weighted by atomic mass is 16.5. The van der Waals surface area contributed by atoms with Gasteiger partial charge in [-0.2, -0.15) is 0 Å². The molecule has 7 heteroatoms. The first-order valence-corrected chi connectivity index (χ1v) is 8.24. The molecule has 0 spiro atoms. The zero-order valence-corrected chi connectivity index (χ0v) is 14.6. The molecule has 1 atom stereocenters. The highest BCUT2D eigenvalue weighted by Gasteiger charge is 2.23. The van der Waals surface area contributed by atoms with E-state index in [9.17, 15) is 9.59 Å². The SMILES string of the molecule is COc1ccc(NC(=O)[C@H](NC(=O)c2cccnc2)c2ccccc2)cn1. The van der Waals surface area contributed by atoms with Crippen LogP contribution in [0.5, 0.6) is 5.88 Å². The number of nitrogens with one attached hydrogen (secondary N) is 2. The molecule has 7 nitrogen and oxygen atoms in total. The molecule has 3 rings (SSSR count). The minimum Gasteiger partial charge on any atom is -0.481 e. The number of nitrogens with zero attached hydrogens (tertiary/aromatic N) is 2. The van der Waals surface area contributed by atoms with E-state index in [0.717, 1.165) is 0 Å². The van der Waals surface area contributed by atoms with Gasteiger partial charge in [-0.25, -0.2) is 4.98 Å². The van der Waals surface area contributed by atoms with Gasteiger partial charge in [-0.05, 0) is 23.8 Å². The van der Waals surface area contributed by atoms with E-state index in [0.29, 0.717) is 22.7 Å². The first kappa shape index (κ1) is 18.1. The van der Waals surface area contributed by atoms with Crippen LogP contribution in [0.25, 0.3) is 0 Å². The van der Waals surface area contributed by atoms with Gasteiger partial charge in [0, 0.05) is 18.5 Å². The molecule has 0 bridgehead atoms. The van der Waals surface area contributed by atoms with Gasteiger partial charge in [0.15, 0.2) is 0 Å². The maximum atomic E-state index is 12.8. The molecule has 0 aliphatic rings. The third-order valence-electron chi connectivity index (χ3n) is 3.81. The molecule has 0 saturated heterocycles. The summed E-state index contributed by atoms with van der Waals surface area (Å²) in [4.78, 5) is 33.3. The van der Waals surface area contributed by atoms with Crippen molar-refractivity contribution in [3.8, 4) is 5.88 Å². The summed E-state index contributed by atoms with van der Waals surface area (Å²) >= 11 is 0. The number of rotatable bonds is 6.